The van der Waals surface area contributed by atoms with Gasteiger partial charge in [-0.1, -0.05) is 41.7 Å². The molecule has 0 spiro atoms. The Kier molecular flexibility index (Phi) is 3.38. The number of carbonyl (C=O) groups is 1. The van der Waals surface area contributed by atoms with Crippen LogP contribution in [0.15, 0.2) is 42.5 Å². The van der Waals surface area contributed by atoms with E-state index >= 15 is 0 Å². The largest absolute Gasteiger partial charge is 0.302 e. The van der Waals surface area contributed by atoms with Crippen molar-refractivity contribution >= 4 is 32.6 Å². The van der Waals surface area contributed by atoms with Gasteiger partial charge in [-0.05, 0) is 42.2 Å². The van der Waals surface area contributed by atoms with E-state index in [4.69, 9.17) is 0 Å². The maximum absolute atomic E-state index is 12.9. The third-order valence-electron chi connectivity index (χ3n) is 4.12. The summed E-state index contributed by atoms with van der Waals surface area (Å²) >= 11 is 1.42. The summed E-state index contributed by atoms with van der Waals surface area (Å²) in [5.74, 6) is -0.764. The minimum Gasteiger partial charge on any atom is -0.302 e. The highest BCUT2D eigenvalue weighted by molar-refractivity contribution is 7.22. The van der Waals surface area contributed by atoms with E-state index in [-0.39, 0.29) is 5.91 Å². The second-order valence-electron chi connectivity index (χ2n) is 5.86. The van der Waals surface area contributed by atoms with Crippen LogP contribution in [0.1, 0.15) is 12.0 Å². The topological polar surface area (TPSA) is 42.0 Å². The van der Waals surface area contributed by atoms with Crippen LogP contribution in [-0.4, -0.2) is 17.1 Å². The summed E-state index contributed by atoms with van der Waals surface area (Å²) in [5.41, 5.74) is 4.37. The summed E-state index contributed by atoms with van der Waals surface area (Å²) in [7, 11) is 0. The molecule has 1 aliphatic carbocycles. The third kappa shape index (κ3) is 2.72. The van der Waals surface area contributed by atoms with Crippen LogP contribution in [0.25, 0.3) is 21.3 Å². The zero-order valence-electron chi connectivity index (χ0n) is 12.5. The van der Waals surface area contributed by atoms with Crippen molar-refractivity contribution in [2.45, 2.75) is 19.5 Å². The molecule has 4 rings (SSSR count). The molecule has 5 heteroatoms. The van der Waals surface area contributed by atoms with Crippen LogP contribution in [0, 0.1) is 12.8 Å². The maximum Gasteiger partial charge on any atom is 0.232 e. The Morgan fingerprint density at radius 2 is 2.09 bits per heavy atom. The molecule has 0 aliphatic heterocycles. The average Bonchev–Trinajstić information content (AvgIpc) is 3.13. The highest BCUT2D eigenvalue weighted by Gasteiger charge is 2.43. The molecule has 3 aromatic rings. The molecule has 0 saturated heterocycles. The quantitative estimate of drug-likeness (QED) is 0.766. The summed E-state index contributed by atoms with van der Waals surface area (Å²) in [6, 6.07) is 14.3. The van der Waals surface area contributed by atoms with Crippen molar-refractivity contribution in [3.05, 3.63) is 48.0 Å². The van der Waals surface area contributed by atoms with Gasteiger partial charge in [0.2, 0.25) is 5.91 Å². The van der Waals surface area contributed by atoms with Crippen molar-refractivity contribution in [2.24, 2.45) is 5.92 Å². The number of anilines is 1. The number of amides is 1. The SMILES string of the molecule is Cc1ccccc1-c1ccc2nc(NC(=O)C3CC3F)sc2c1. The van der Waals surface area contributed by atoms with Crippen LogP contribution in [-0.2, 0) is 4.79 Å². The molecule has 0 bridgehead atoms. The molecule has 3 nitrogen and oxygen atoms in total. The van der Waals surface area contributed by atoms with Crippen LogP contribution in [0.3, 0.4) is 0 Å². The van der Waals surface area contributed by atoms with Crippen molar-refractivity contribution in [1.82, 2.24) is 4.98 Å². The number of halogens is 1. The van der Waals surface area contributed by atoms with Gasteiger partial charge in [-0.15, -0.1) is 0 Å². The van der Waals surface area contributed by atoms with Crippen LogP contribution >= 0.6 is 11.3 Å². The molecule has 1 N–H and O–H groups in total. The number of hydrogen-bond acceptors (Lipinski definition) is 3. The van der Waals surface area contributed by atoms with Crippen LogP contribution < -0.4 is 5.32 Å². The lowest BCUT2D eigenvalue weighted by molar-refractivity contribution is -0.117. The number of benzene rings is 2. The van der Waals surface area contributed by atoms with Gasteiger partial charge >= 0.3 is 0 Å². The number of carbonyl (C=O) groups excluding carboxylic acids is 1. The van der Waals surface area contributed by atoms with E-state index in [1.165, 1.54) is 22.5 Å². The van der Waals surface area contributed by atoms with E-state index in [9.17, 15) is 9.18 Å². The van der Waals surface area contributed by atoms with E-state index in [1.54, 1.807) is 0 Å². The lowest BCUT2D eigenvalue weighted by Crippen LogP contribution is -2.14. The molecule has 2 aromatic carbocycles. The third-order valence-corrected chi connectivity index (χ3v) is 5.06. The first-order valence-corrected chi connectivity index (χ1v) is 8.35. The van der Waals surface area contributed by atoms with Crippen molar-refractivity contribution in [3.63, 3.8) is 0 Å². The Balaban J connectivity index is 1.64. The number of alkyl halides is 1. The minimum atomic E-state index is -0.989. The number of aromatic nitrogens is 1. The summed E-state index contributed by atoms with van der Waals surface area (Å²) in [6.07, 6.45) is -0.661. The predicted octanol–water partition coefficient (Wildman–Crippen LogP) is 4.57. The molecule has 116 valence electrons. The zero-order chi connectivity index (χ0) is 16.0. The molecule has 23 heavy (non-hydrogen) atoms. The molecule has 0 radical (unpaired) electrons. The predicted molar refractivity (Wildman–Crippen MR) is 91.4 cm³/mol. The normalized spacial score (nSPS) is 19.7. The Labute approximate surface area is 137 Å². The summed E-state index contributed by atoms with van der Waals surface area (Å²) in [6.45, 7) is 2.08. The Bertz CT molecular complexity index is 905. The van der Waals surface area contributed by atoms with Gasteiger partial charge in [-0.25, -0.2) is 9.37 Å². The van der Waals surface area contributed by atoms with E-state index < -0.39 is 12.1 Å². The summed E-state index contributed by atoms with van der Waals surface area (Å²) in [4.78, 5) is 16.2. The Morgan fingerprint density at radius 3 is 2.83 bits per heavy atom. The van der Waals surface area contributed by atoms with Gasteiger partial charge in [0.1, 0.15) is 6.17 Å². The first-order chi connectivity index (χ1) is 11.1. The molecule has 2 unspecified atom stereocenters. The van der Waals surface area contributed by atoms with E-state index in [2.05, 4.69) is 35.4 Å². The first kappa shape index (κ1) is 14.3. The monoisotopic (exact) mass is 326 g/mol. The molecule has 1 heterocycles. The first-order valence-electron chi connectivity index (χ1n) is 7.53. The van der Waals surface area contributed by atoms with Gasteiger partial charge in [0, 0.05) is 0 Å². The van der Waals surface area contributed by atoms with E-state index in [0.29, 0.717) is 11.6 Å². The highest BCUT2D eigenvalue weighted by atomic mass is 32.1. The van der Waals surface area contributed by atoms with Crippen LogP contribution in [0.5, 0.6) is 0 Å². The zero-order valence-corrected chi connectivity index (χ0v) is 13.4. The lowest BCUT2D eigenvalue weighted by atomic mass is 10.0. The summed E-state index contributed by atoms with van der Waals surface area (Å²) < 4.78 is 13.9. The van der Waals surface area contributed by atoms with Gasteiger partial charge in [-0.2, -0.15) is 0 Å². The van der Waals surface area contributed by atoms with Gasteiger partial charge in [0.15, 0.2) is 5.13 Å². The molecule has 1 saturated carbocycles. The maximum atomic E-state index is 12.9. The Morgan fingerprint density at radius 1 is 1.30 bits per heavy atom. The number of thiazole rings is 1. The summed E-state index contributed by atoms with van der Waals surface area (Å²) in [5, 5.41) is 3.26. The number of fused-ring (bicyclic) bond motifs is 1. The molecule has 1 amide bonds. The number of hydrogen-bond donors (Lipinski definition) is 1. The van der Waals surface area contributed by atoms with E-state index in [0.717, 1.165) is 15.8 Å². The molecular formula is C18H15FN2OS. The standard InChI is InChI=1S/C18H15FN2OS/c1-10-4-2-3-5-12(10)11-6-7-15-16(8-11)23-18(20-15)21-17(22)13-9-14(13)19/h2-8,13-14H,9H2,1H3,(H,20,21,22). The van der Waals surface area contributed by atoms with E-state index in [1.807, 2.05) is 24.3 Å². The Hall–Kier alpha value is -2.27. The number of nitrogens with one attached hydrogen (secondary N) is 1. The second kappa shape index (κ2) is 5.42. The fourth-order valence-corrected chi connectivity index (χ4v) is 3.58. The van der Waals surface area contributed by atoms with Gasteiger partial charge < -0.3 is 5.32 Å². The van der Waals surface area contributed by atoms with Crippen molar-refractivity contribution < 1.29 is 9.18 Å². The van der Waals surface area contributed by atoms with Gasteiger partial charge in [0.05, 0.1) is 16.1 Å². The van der Waals surface area contributed by atoms with Crippen molar-refractivity contribution in [3.8, 4) is 11.1 Å². The molecule has 1 aliphatic rings. The molecule has 1 aromatic heterocycles. The number of rotatable bonds is 3. The fourth-order valence-electron chi connectivity index (χ4n) is 2.68. The van der Waals surface area contributed by atoms with Crippen LogP contribution in [0.4, 0.5) is 9.52 Å². The highest BCUT2D eigenvalue weighted by Crippen LogP contribution is 2.36. The average molecular weight is 326 g/mol. The minimum absolute atomic E-state index is 0.268. The van der Waals surface area contributed by atoms with Crippen molar-refractivity contribution in [1.29, 1.82) is 0 Å². The number of nitrogens with zero attached hydrogens (tertiary/aromatic N) is 1. The van der Waals surface area contributed by atoms with Crippen LogP contribution in [0.2, 0.25) is 0 Å². The molecular weight excluding hydrogens is 311 g/mol. The molecule has 2 atom stereocenters. The van der Waals surface area contributed by atoms with Gasteiger partial charge in [0.25, 0.3) is 0 Å². The fraction of sp³-hybridized carbons (Fsp3) is 0.222. The molecule has 1 fully saturated rings. The number of aryl methyl sites for hydroxylation is 1. The second-order valence-corrected chi connectivity index (χ2v) is 6.89. The lowest BCUT2D eigenvalue weighted by Gasteiger charge is -2.05. The van der Waals surface area contributed by atoms with Crippen molar-refractivity contribution in [2.75, 3.05) is 5.32 Å². The smallest absolute Gasteiger partial charge is 0.232 e. The van der Waals surface area contributed by atoms with Gasteiger partial charge in [-0.3, -0.25) is 4.79 Å².